The third-order valence-electron chi connectivity index (χ3n) is 4.57. The molecule has 0 saturated carbocycles. The van der Waals surface area contributed by atoms with Crippen LogP contribution in [-0.2, 0) is 12.8 Å². The number of hydrogen-bond donors (Lipinski definition) is 1. The molecule has 0 radical (unpaired) electrons. The maximum atomic E-state index is 3.79. The van der Waals surface area contributed by atoms with E-state index in [0.717, 1.165) is 12.8 Å². The minimum atomic E-state index is 0.411. The molecule has 0 amide bonds. The highest BCUT2D eigenvalue weighted by Gasteiger charge is 2.22. The van der Waals surface area contributed by atoms with Gasteiger partial charge in [0.15, 0.2) is 0 Å². The first-order chi connectivity index (χ1) is 9.63. The Morgan fingerprint density at radius 2 is 1.60 bits per heavy atom. The number of aryl methyl sites for hydroxylation is 2. The van der Waals surface area contributed by atoms with Crippen LogP contribution >= 0.6 is 0 Å². The Bertz CT molecular complexity index is 590. The van der Waals surface area contributed by atoms with Gasteiger partial charge in [0.05, 0.1) is 0 Å². The second kappa shape index (κ2) is 5.41. The Hall–Kier alpha value is -1.60. The molecule has 0 aliphatic heterocycles. The van der Waals surface area contributed by atoms with E-state index in [2.05, 4.69) is 68.6 Å². The molecule has 3 rings (SSSR count). The molecule has 1 N–H and O–H groups in total. The number of hydrogen-bond acceptors (Lipinski definition) is 1. The first-order valence-electron chi connectivity index (χ1n) is 7.53. The summed E-state index contributed by atoms with van der Waals surface area (Å²) in [5.74, 6) is 0. The molecule has 0 spiro atoms. The molecule has 104 valence electrons. The summed E-state index contributed by atoms with van der Waals surface area (Å²) in [6.45, 7) is 6.63. The van der Waals surface area contributed by atoms with Gasteiger partial charge < -0.3 is 5.32 Å². The van der Waals surface area contributed by atoms with Crippen LogP contribution in [0.15, 0.2) is 42.5 Å². The molecule has 1 aliphatic rings. The fraction of sp³-hybridized carbons (Fsp3) is 0.368. The third kappa shape index (κ3) is 2.64. The highest BCUT2D eigenvalue weighted by atomic mass is 14.9. The Balaban J connectivity index is 1.68. The molecule has 1 nitrogen and oxygen atoms in total. The van der Waals surface area contributed by atoms with Crippen LogP contribution in [-0.4, -0.2) is 6.04 Å². The molecule has 2 aromatic carbocycles. The number of benzene rings is 2. The maximum absolute atomic E-state index is 3.79. The smallest absolute Gasteiger partial charge is 0.0294 e. The monoisotopic (exact) mass is 265 g/mol. The lowest BCUT2D eigenvalue weighted by Gasteiger charge is -2.20. The quantitative estimate of drug-likeness (QED) is 0.880. The van der Waals surface area contributed by atoms with E-state index in [1.807, 2.05) is 0 Å². The normalized spacial score (nSPS) is 16.1. The molecule has 0 saturated heterocycles. The molecule has 1 unspecified atom stereocenters. The second-order valence-corrected chi connectivity index (χ2v) is 6.11. The molecule has 1 atom stereocenters. The van der Waals surface area contributed by atoms with Crippen LogP contribution < -0.4 is 5.32 Å². The van der Waals surface area contributed by atoms with E-state index in [1.54, 1.807) is 0 Å². The zero-order valence-corrected chi connectivity index (χ0v) is 12.6. The number of rotatable bonds is 3. The van der Waals surface area contributed by atoms with Crippen molar-refractivity contribution >= 4 is 0 Å². The predicted molar refractivity (Wildman–Crippen MR) is 85.1 cm³/mol. The van der Waals surface area contributed by atoms with E-state index in [0.29, 0.717) is 12.1 Å². The van der Waals surface area contributed by atoms with Crippen LogP contribution in [0, 0.1) is 13.8 Å². The summed E-state index contributed by atoms with van der Waals surface area (Å²) in [5.41, 5.74) is 7.17. The van der Waals surface area contributed by atoms with Gasteiger partial charge in [-0.2, -0.15) is 0 Å². The fourth-order valence-corrected chi connectivity index (χ4v) is 3.16. The van der Waals surface area contributed by atoms with E-state index in [4.69, 9.17) is 0 Å². The first-order valence-corrected chi connectivity index (χ1v) is 7.53. The van der Waals surface area contributed by atoms with Crippen molar-refractivity contribution in [1.29, 1.82) is 0 Å². The second-order valence-electron chi connectivity index (χ2n) is 6.11. The minimum absolute atomic E-state index is 0.411. The summed E-state index contributed by atoms with van der Waals surface area (Å²) in [5, 5.41) is 3.79. The summed E-state index contributed by atoms with van der Waals surface area (Å²) >= 11 is 0. The molecule has 0 bridgehead atoms. The van der Waals surface area contributed by atoms with E-state index >= 15 is 0 Å². The highest BCUT2D eigenvalue weighted by molar-refractivity contribution is 5.34. The van der Waals surface area contributed by atoms with Crippen molar-refractivity contribution in [2.75, 3.05) is 0 Å². The van der Waals surface area contributed by atoms with Crippen molar-refractivity contribution < 1.29 is 0 Å². The average molecular weight is 265 g/mol. The van der Waals surface area contributed by atoms with Crippen molar-refractivity contribution in [3.8, 4) is 0 Å². The van der Waals surface area contributed by atoms with Crippen LogP contribution in [0.3, 0.4) is 0 Å². The summed E-state index contributed by atoms with van der Waals surface area (Å²) in [7, 11) is 0. The zero-order chi connectivity index (χ0) is 14.1. The van der Waals surface area contributed by atoms with Crippen molar-refractivity contribution in [2.24, 2.45) is 0 Å². The van der Waals surface area contributed by atoms with Gasteiger partial charge in [0.25, 0.3) is 0 Å². The molecular formula is C19H23N. The zero-order valence-electron chi connectivity index (χ0n) is 12.6. The van der Waals surface area contributed by atoms with Crippen LogP contribution in [0.4, 0.5) is 0 Å². The maximum Gasteiger partial charge on any atom is 0.0294 e. The third-order valence-corrected chi connectivity index (χ3v) is 4.57. The highest BCUT2D eigenvalue weighted by Crippen LogP contribution is 2.24. The lowest BCUT2D eigenvalue weighted by atomic mass is 10.0. The molecule has 1 heteroatoms. The van der Waals surface area contributed by atoms with E-state index < -0.39 is 0 Å². The number of fused-ring (bicyclic) bond motifs is 1. The van der Waals surface area contributed by atoms with Gasteiger partial charge in [0.1, 0.15) is 0 Å². The fourth-order valence-electron chi connectivity index (χ4n) is 3.16. The average Bonchev–Trinajstić information content (AvgIpc) is 2.83. The minimum Gasteiger partial charge on any atom is -0.307 e. The van der Waals surface area contributed by atoms with Crippen LogP contribution in [0.1, 0.15) is 40.8 Å². The molecular weight excluding hydrogens is 242 g/mol. The lowest BCUT2D eigenvalue weighted by Crippen LogP contribution is -2.32. The topological polar surface area (TPSA) is 12.0 Å². The van der Waals surface area contributed by atoms with Crippen molar-refractivity contribution in [1.82, 2.24) is 5.32 Å². The van der Waals surface area contributed by atoms with Gasteiger partial charge in [-0.25, -0.2) is 0 Å². The molecule has 0 fully saturated rings. The van der Waals surface area contributed by atoms with Gasteiger partial charge in [-0.3, -0.25) is 0 Å². The molecule has 1 aliphatic carbocycles. The first kappa shape index (κ1) is 13.4. The summed E-state index contributed by atoms with van der Waals surface area (Å²) in [6.07, 6.45) is 2.32. The van der Waals surface area contributed by atoms with Gasteiger partial charge in [0.2, 0.25) is 0 Å². The van der Waals surface area contributed by atoms with E-state index in [1.165, 1.54) is 27.8 Å². The molecule has 0 heterocycles. The lowest BCUT2D eigenvalue weighted by molar-refractivity contribution is 0.467. The predicted octanol–water partition coefficient (Wildman–Crippen LogP) is 4.12. The summed E-state index contributed by atoms with van der Waals surface area (Å²) in [6, 6.07) is 16.6. The summed E-state index contributed by atoms with van der Waals surface area (Å²) < 4.78 is 0. The Kier molecular flexibility index (Phi) is 3.62. The van der Waals surface area contributed by atoms with E-state index in [9.17, 15) is 0 Å². The van der Waals surface area contributed by atoms with Gasteiger partial charge in [-0.1, -0.05) is 42.5 Å². The standard InChI is InChI=1S/C19H23N/c1-13-8-9-16(10-14(13)2)15(3)20-19-11-17-6-4-5-7-18(17)12-19/h4-10,15,19-20H,11-12H2,1-3H3. The number of nitrogens with one attached hydrogen (secondary N) is 1. The van der Waals surface area contributed by atoms with Gasteiger partial charge in [-0.05, 0) is 61.4 Å². The van der Waals surface area contributed by atoms with Gasteiger partial charge in [-0.15, -0.1) is 0 Å². The largest absolute Gasteiger partial charge is 0.307 e. The van der Waals surface area contributed by atoms with Crippen LogP contribution in [0.25, 0.3) is 0 Å². The molecule has 0 aromatic heterocycles. The van der Waals surface area contributed by atoms with Crippen molar-refractivity contribution in [3.05, 3.63) is 70.3 Å². The summed E-state index contributed by atoms with van der Waals surface area (Å²) in [4.78, 5) is 0. The van der Waals surface area contributed by atoms with Crippen molar-refractivity contribution in [2.45, 2.75) is 45.7 Å². The molecule has 20 heavy (non-hydrogen) atoms. The van der Waals surface area contributed by atoms with Crippen LogP contribution in [0.5, 0.6) is 0 Å². The SMILES string of the molecule is Cc1ccc(C(C)NC2Cc3ccccc3C2)cc1C. The Morgan fingerprint density at radius 3 is 2.20 bits per heavy atom. The van der Waals surface area contributed by atoms with Gasteiger partial charge >= 0.3 is 0 Å². The molecule has 2 aromatic rings. The Labute approximate surface area is 122 Å². The van der Waals surface area contributed by atoms with Crippen molar-refractivity contribution in [3.63, 3.8) is 0 Å². The van der Waals surface area contributed by atoms with Gasteiger partial charge in [0, 0.05) is 12.1 Å². The van der Waals surface area contributed by atoms with Crippen LogP contribution in [0.2, 0.25) is 0 Å². The van der Waals surface area contributed by atoms with E-state index in [-0.39, 0.29) is 0 Å². The Morgan fingerprint density at radius 1 is 0.950 bits per heavy atom.